The molecule has 1 fully saturated rings. The number of benzene rings is 1. The second-order valence-electron chi connectivity index (χ2n) is 5.98. The maximum Gasteiger partial charge on any atom is 0.230 e. The monoisotopic (exact) mass is 254 g/mol. The van der Waals surface area contributed by atoms with Crippen LogP contribution in [0.2, 0.25) is 0 Å². The highest BCUT2D eigenvalue weighted by Gasteiger charge is 2.43. The molecule has 3 nitrogen and oxygen atoms in total. The molecule has 0 radical (unpaired) electrons. The number of nitrogen functional groups attached to an aromatic ring is 1. The number of carbonyl (C=O) groups is 1. The molecule has 98 valence electrons. The van der Waals surface area contributed by atoms with E-state index in [1.807, 2.05) is 17.0 Å². The van der Waals surface area contributed by atoms with Gasteiger partial charge in [0.1, 0.15) is 0 Å². The summed E-state index contributed by atoms with van der Waals surface area (Å²) in [5, 5.41) is 0. The fraction of sp³-hybridized carbons (Fsp3) is 0.438. The van der Waals surface area contributed by atoms with Crippen molar-refractivity contribution >= 4 is 17.3 Å². The SMILES string of the molecule is Nc1cccc2c1N(C(=O)C1CC3C=CC1C3)CC2. The number of fused-ring (bicyclic) bond motifs is 3. The van der Waals surface area contributed by atoms with E-state index in [1.54, 1.807) is 0 Å². The van der Waals surface area contributed by atoms with Crippen molar-refractivity contribution < 1.29 is 4.79 Å². The minimum absolute atomic E-state index is 0.181. The van der Waals surface area contributed by atoms with Crippen molar-refractivity contribution in [1.29, 1.82) is 0 Å². The van der Waals surface area contributed by atoms with E-state index < -0.39 is 0 Å². The first-order chi connectivity index (χ1) is 9.24. The van der Waals surface area contributed by atoms with Crippen molar-refractivity contribution in [2.24, 2.45) is 17.8 Å². The summed E-state index contributed by atoms with van der Waals surface area (Å²) in [4.78, 5) is 14.7. The average molecular weight is 254 g/mol. The molecule has 1 aromatic carbocycles. The molecule has 1 amide bonds. The lowest BCUT2D eigenvalue weighted by atomic mass is 9.92. The Balaban J connectivity index is 1.65. The zero-order valence-corrected chi connectivity index (χ0v) is 10.9. The van der Waals surface area contributed by atoms with Crippen LogP contribution in [0.1, 0.15) is 18.4 Å². The van der Waals surface area contributed by atoms with Crippen molar-refractivity contribution in [2.75, 3.05) is 17.2 Å². The van der Waals surface area contributed by atoms with Gasteiger partial charge < -0.3 is 10.6 Å². The normalized spacial score (nSPS) is 30.9. The molecule has 1 aliphatic heterocycles. The van der Waals surface area contributed by atoms with Gasteiger partial charge in [0, 0.05) is 12.5 Å². The summed E-state index contributed by atoms with van der Waals surface area (Å²) in [6.07, 6.45) is 7.64. The predicted molar refractivity (Wildman–Crippen MR) is 75.8 cm³/mol. The summed E-state index contributed by atoms with van der Waals surface area (Å²) in [5.41, 5.74) is 8.99. The fourth-order valence-corrected chi connectivity index (χ4v) is 3.97. The lowest BCUT2D eigenvalue weighted by molar-refractivity contribution is -0.123. The second kappa shape index (κ2) is 3.86. The van der Waals surface area contributed by atoms with Gasteiger partial charge in [-0.05, 0) is 42.7 Å². The standard InChI is InChI=1S/C16H18N2O/c17-14-3-1-2-11-6-7-18(15(11)14)16(19)13-9-10-4-5-12(13)8-10/h1-5,10,12-13H,6-9,17H2. The Bertz CT molecular complexity index is 578. The molecule has 3 heteroatoms. The van der Waals surface area contributed by atoms with E-state index in [4.69, 9.17) is 5.73 Å². The Morgan fingerprint density at radius 3 is 2.89 bits per heavy atom. The third-order valence-corrected chi connectivity index (χ3v) is 4.89. The van der Waals surface area contributed by atoms with Crippen LogP contribution in [0.4, 0.5) is 11.4 Å². The summed E-state index contributed by atoms with van der Waals surface area (Å²) in [6, 6.07) is 5.95. The fourth-order valence-electron chi connectivity index (χ4n) is 3.97. The van der Waals surface area contributed by atoms with Crippen molar-refractivity contribution in [1.82, 2.24) is 0 Å². The molecule has 4 rings (SSSR count). The van der Waals surface area contributed by atoms with Gasteiger partial charge in [-0.2, -0.15) is 0 Å². The van der Waals surface area contributed by atoms with E-state index in [2.05, 4.69) is 18.2 Å². The molecular formula is C16H18N2O. The van der Waals surface area contributed by atoms with Gasteiger partial charge >= 0.3 is 0 Å². The molecule has 3 aliphatic rings. The van der Waals surface area contributed by atoms with Gasteiger partial charge in [-0.1, -0.05) is 24.3 Å². The number of carbonyl (C=O) groups excluding carboxylic acids is 1. The maximum atomic E-state index is 12.8. The lowest BCUT2D eigenvalue weighted by Gasteiger charge is -2.25. The molecule has 3 atom stereocenters. The number of hydrogen-bond donors (Lipinski definition) is 1. The number of rotatable bonds is 1. The number of amides is 1. The number of hydrogen-bond acceptors (Lipinski definition) is 2. The lowest BCUT2D eigenvalue weighted by Crippen LogP contribution is -2.36. The maximum absolute atomic E-state index is 12.8. The van der Waals surface area contributed by atoms with E-state index >= 15 is 0 Å². The van der Waals surface area contributed by atoms with Gasteiger partial charge in [-0.25, -0.2) is 0 Å². The van der Waals surface area contributed by atoms with Gasteiger partial charge in [-0.15, -0.1) is 0 Å². The summed E-state index contributed by atoms with van der Waals surface area (Å²) >= 11 is 0. The molecular weight excluding hydrogens is 236 g/mol. The molecule has 1 heterocycles. The van der Waals surface area contributed by atoms with Crippen molar-refractivity contribution in [3.8, 4) is 0 Å². The van der Waals surface area contributed by atoms with Crippen molar-refractivity contribution in [2.45, 2.75) is 19.3 Å². The minimum Gasteiger partial charge on any atom is -0.397 e. The largest absolute Gasteiger partial charge is 0.397 e. The van der Waals surface area contributed by atoms with Crippen LogP contribution in [0.3, 0.4) is 0 Å². The molecule has 3 unspecified atom stereocenters. The Labute approximate surface area is 113 Å². The second-order valence-corrected chi connectivity index (χ2v) is 5.98. The number of nitrogens with two attached hydrogens (primary N) is 1. The third kappa shape index (κ3) is 1.54. The number of nitrogens with zero attached hydrogens (tertiary/aromatic N) is 1. The van der Waals surface area contributed by atoms with Crippen molar-refractivity contribution in [3.63, 3.8) is 0 Å². The van der Waals surface area contributed by atoms with E-state index in [1.165, 1.54) is 12.0 Å². The smallest absolute Gasteiger partial charge is 0.230 e. The molecule has 0 aromatic heterocycles. The molecule has 2 N–H and O–H groups in total. The highest BCUT2D eigenvalue weighted by molar-refractivity contribution is 6.00. The molecule has 2 bridgehead atoms. The predicted octanol–water partition coefficient (Wildman–Crippen LogP) is 2.37. The molecule has 0 spiro atoms. The zero-order valence-electron chi connectivity index (χ0n) is 10.9. The van der Waals surface area contributed by atoms with Crippen LogP contribution in [0.15, 0.2) is 30.4 Å². The Kier molecular flexibility index (Phi) is 2.25. The topological polar surface area (TPSA) is 46.3 Å². The summed E-state index contributed by atoms with van der Waals surface area (Å²) in [5.74, 6) is 1.56. The van der Waals surface area contributed by atoms with E-state index in [9.17, 15) is 4.79 Å². The van der Waals surface area contributed by atoms with E-state index in [0.717, 1.165) is 30.8 Å². The van der Waals surface area contributed by atoms with Crippen LogP contribution >= 0.6 is 0 Å². The van der Waals surface area contributed by atoms with Gasteiger partial charge in [0.15, 0.2) is 0 Å². The van der Waals surface area contributed by atoms with Crippen LogP contribution in [-0.2, 0) is 11.2 Å². The van der Waals surface area contributed by atoms with E-state index in [0.29, 0.717) is 11.8 Å². The van der Waals surface area contributed by atoms with Gasteiger partial charge in [-0.3, -0.25) is 4.79 Å². The molecule has 1 aromatic rings. The van der Waals surface area contributed by atoms with Gasteiger partial charge in [0.25, 0.3) is 0 Å². The summed E-state index contributed by atoms with van der Waals surface area (Å²) < 4.78 is 0. The Morgan fingerprint density at radius 1 is 1.26 bits per heavy atom. The van der Waals surface area contributed by atoms with Crippen molar-refractivity contribution in [3.05, 3.63) is 35.9 Å². The first-order valence-electron chi connectivity index (χ1n) is 7.11. The zero-order chi connectivity index (χ0) is 13.0. The molecule has 19 heavy (non-hydrogen) atoms. The highest BCUT2D eigenvalue weighted by atomic mass is 16.2. The first-order valence-corrected chi connectivity index (χ1v) is 7.11. The van der Waals surface area contributed by atoms with Crippen LogP contribution in [-0.4, -0.2) is 12.5 Å². The van der Waals surface area contributed by atoms with Crippen LogP contribution in [0, 0.1) is 17.8 Å². The quantitative estimate of drug-likeness (QED) is 0.618. The summed E-state index contributed by atoms with van der Waals surface area (Å²) in [7, 11) is 0. The van der Waals surface area contributed by atoms with E-state index in [-0.39, 0.29) is 11.8 Å². The highest BCUT2D eigenvalue weighted by Crippen LogP contribution is 2.45. The number of anilines is 2. The Morgan fingerprint density at radius 2 is 2.16 bits per heavy atom. The van der Waals surface area contributed by atoms with Crippen LogP contribution in [0.25, 0.3) is 0 Å². The molecule has 2 aliphatic carbocycles. The minimum atomic E-state index is 0.181. The Hall–Kier alpha value is -1.77. The van der Waals surface area contributed by atoms with Crippen LogP contribution < -0.4 is 10.6 Å². The average Bonchev–Trinajstić information content (AvgIpc) is 3.12. The first kappa shape index (κ1) is 11.1. The molecule has 1 saturated carbocycles. The van der Waals surface area contributed by atoms with Crippen LogP contribution in [0.5, 0.6) is 0 Å². The van der Waals surface area contributed by atoms with Gasteiger partial charge in [0.2, 0.25) is 5.91 Å². The summed E-state index contributed by atoms with van der Waals surface area (Å²) in [6.45, 7) is 0.792. The number of para-hydroxylation sites is 1. The third-order valence-electron chi connectivity index (χ3n) is 4.89. The van der Waals surface area contributed by atoms with Gasteiger partial charge in [0.05, 0.1) is 11.4 Å². The molecule has 0 saturated heterocycles. The number of allylic oxidation sites excluding steroid dienone is 2.